The number of carbonyl (C=O) groups is 2. The number of pyridine rings is 1. The number of aromatic carboxylic acids is 1. The van der Waals surface area contributed by atoms with E-state index in [0.29, 0.717) is 58.5 Å². The number of hydrogen-bond donors (Lipinski definition) is 1. The van der Waals surface area contributed by atoms with Gasteiger partial charge >= 0.3 is 5.97 Å². The molecule has 0 spiro atoms. The number of imidazole rings is 1. The van der Waals surface area contributed by atoms with Crippen molar-refractivity contribution in [3.8, 4) is 5.88 Å². The third kappa shape index (κ3) is 5.72. The number of halogens is 2. The van der Waals surface area contributed by atoms with E-state index < -0.39 is 17.7 Å². The summed E-state index contributed by atoms with van der Waals surface area (Å²) in [7, 11) is 0. The Labute approximate surface area is 238 Å². The summed E-state index contributed by atoms with van der Waals surface area (Å²) in [6, 6.07) is 8.92. The molecule has 1 saturated heterocycles. The molecule has 0 saturated carbocycles. The smallest absolute Gasteiger partial charge is 0.354 e. The fourth-order valence-electron chi connectivity index (χ4n) is 4.63. The Hall–Kier alpha value is -4.48. The van der Waals surface area contributed by atoms with Crippen LogP contribution in [0.15, 0.2) is 60.8 Å². The predicted molar refractivity (Wildman–Crippen MR) is 146 cm³/mol. The van der Waals surface area contributed by atoms with Crippen molar-refractivity contribution >= 4 is 40.1 Å². The molecule has 0 radical (unpaired) electrons. The highest BCUT2D eigenvalue weighted by Gasteiger charge is 2.27. The summed E-state index contributed by atoms with van der Waals surface area (Å²) in [5.41, 5.74) is 1.76. The van der Waals surface area contributed by atoms with Crippen LogP contribution in [0.1, 0.15) is 34.1 Å². The first-order valence-corrected chi connectivity index (χ1v) is 13.3. The molecular formula is C29H23ClFN5O5. The van der Waals surface area contributed by atoms with E-state index in [1.54, 1.807) is 36.4 Å². The van der Waals surface area contributed by atoms with E-state index in [-0.39, 0.29) is 30.1 Å². The molecule has 1 aliphatic heterocycles. The van der Waals surface area contributed by atoms with Gasteiger partial charge < -0.3 is 19.1 Å². The lowest BCUT2D eigenvalue weighted by Gasteiger charge is -2.27. The average molecular weight is 576 g/mol. The molecule has 4 aromatic rings. The number of fused-ring (bicyclic) bond motifs is 1. The van der Waals surface area contributed by atoms with Crippen molar-refractivity contribution in [2.75, 3.05) is 6.61 Å². The molecule has 10 nitrogen and oxygen atoms in total. The Morgan fingerprint density at radius 2 is 2.05 bits per heavy atom. The van der Waals surface area contributed by atoms with E-state index in [9.17, 15) is 19.1 Å². The minimum absolute atomic E-state index is 0.0200. The summed E-state index contributed by atoms with van der Waals surface area (Å²) in [6.45, 7) is 1.09. The SMILES string of the molecule is O=C(O)c1ccc2nc(CC3C=CC(c4nccc(OCc5ccc(Cl)cc5F)n4)=CC3=O)n(C[C@@H]3CCO3)c2n1. The van der Waals surface area contributed by atoms with Crippen LogP contribution in [0.25, 0.3) is 16.7 Å². The summed E-state index contributed by atoms with van der Waals surface area (Å²) < 4.78 is 27.2. The molecule has 0 bridgehead atoms. The maximum absolute atomic E-state index is 14.1. The van der Waals surface area contributed by atoms with E-state index in [1.807, 2.05) is 4.57 Å². The van der Waals surface area contributed by atoms with Gasteiger partial charge in [0, 0.05) is 47.4 Å². The first-order chi connectivity index (χ1) is 19.8. The van der Waals surface area contributed by atoms with Crippen molar-refractivity contribution in [2.24, 2.45) is 5.92 Å². The van der Waals surface area contributed by atoms with Gasteiger partial charge in [-0.25, -0.2) is 24.1 Å². The van der Waals surface area contributed by atoms with E-state index in [0.717, 1.165) is 6.42 Å². The zero-order chi connectivity index (χ0) is 28.5. The highest BCUT2D eigenvalue weighted by atomic mass is 35.5. The van der Waals surface area contributed by atoms with Gasteiger partial charge in [-0.2, -0.15) is 4.98 Å². The van der Waals surface area contributed by atoms with Crippen LogP contribution in [-0.2, 0) is 29.1 Å². The lowest BCUT2D eigenvalue weighted by Crippen LogP contribution is -2.32. The minimum Gasteiger partial charge on any atom is -0.477 e. The minimum atomic E-state index is -1.13. The molecule has 1 N–H and O–H groups in total. The fourth-order valence-corrected chi connectivity index (χ4v) is 4.79. The van der Waals surface area contributed by atoms with Gasteiger partial charge in [0.05, 0.1) is 12.6 Å². The van der Waals surface area contributed by atoms with E-state index in [2.05, 4.69) is 19.9 Å². The third-order valence-corrected chi connectivity index (χ3v) is 7.16. The first kappa shape index (κ1) is 26.7. The van der Waals surface area contributed by atoms with Crippen molar-refractivity contribution in [3.63, 3.8) is 0 Å². The average Bonchev–Trinajstić information content (AvgIpc) is 3.27. The summed E-state index contributed by atoms with van der Waals surface area (Å²) in [6.07, 6.45) is 7.68. The Morgan fingerprint density at radius 3 is 2.78 bits per heavy atom. The van der Waals surface area contributed by atoms with Crippen LogP contribution >= 0.6 is 11.6 Å². The second kappa shape index (κ2) is 11.2. The molecule has 6 rings (SSSR count). The van der Waals surface area contributed by atoms with Crippen molar-refractivity contribution < 1.29 is 28.6 Å². The standard InChI is InChI=1S/C29H23ClFN5O5/c30-19-4-3-18(21(31)13-19)15-41-26-7-9-32-27(35-26)17-2-1-16(24(37)11-17)12-25-33-22-5-6-23(29(38)39)34-28(22)36(25)14-20-8-10-40-20/h1-7,9,11,13,16,20H,8,10,12,14-15H2,(H,38,39)/t16?,20-/m0/s1. The van der Waals surface area contributed by atoms with E-state index >= 15 is 0 Å². The maximum atomic E-state index is 14.1. The van der Waals surface area contributed by atoms with Crippen LogP contribution in [0.3, 0.4) is 0 Å². The molecule has 3 aromatic heterocycles. The zero-order valence-corrected chi connectivity index (χ0v) is 22.3. The van der Waals surface area contributed by atoms with Gasteiger partial charge in [0.25, 0.3) is 0 Å². The van der Waals surface area contributed by atoms with E-state index in [4.69, 9.17) is 21.1 Å². The summed E-state index contributed by atoms with van der Waals surface area (Å²) >= 11 is 5.81. The molecule has 2 atom stereocenters. The van der Waals surface area contributed by atoms with Crippen LogP contribution in [0.2, 0.25) is 5.02 Å². The topological polar surface area (TPSA) is 129 Å². The molecule has 1 aliphatic carbocycles. The number of carboxylic acids is 1. The van der Waals surface area contributed by atoms with Gasteiger partial charge in [-0.3, -0.25) is 4.79 Å². The molecule has 1 unspecified atom stereocenters. The van der Waals surface area contributed by atoms with E-state index in [1.165, 1.54) is 24.4 Å². The number of hydrogen-bond acceptors (Lipinski definition) is 8. The Bertz CT molecular complexity index is 1730. The maximum Gasteiger partial charge on any atom is 0.354 e. The molecule has 1 aromatic carbocycles. The van der Waals surface area contributed by atoms with Crippen molar-refractivity contribution in [1.82, 2.24) is 24.5 Å². The molecular weight excluding hydrogens is 553 g/mol. The lowest BCUT2D eigenvalue weighted by atomic mass is 9.92. The number of carbonyl (C=O) groups excluding carboxylic acids is 1. The quantitative estimate of drug-likeness (QED) is 0.307. The monoisotopic (exact) mass is 575 g/mol. The number of ether oxygens (including phenoxy) is 2. The molecule has 12 heteroatoms. The van der Waals surface area contributed by atoms with Crippen LogP contribution < -0.4 is 4.74 Å². The second-order valence-electron chi connectivity index (χ2n) is 9.68. The van der Waals surface area contributed by atoms with Gasteiger partial charge in [-0.15, -0.1) is 0 Å². The molecule has 1 fully saturated rings. The van der Waals surface area contributed by atoms with Crippen molar-refractivity contribution in [3.05, 3.63) is 94.6 Å². The number of benzene rings is 1. The van der Waals surface area contributed by atoms with Gasteiger partial charge in [-0.1, -0.05) is 29.8 Å². The Balaban J connectivity index is 1.19. The molecule has 208 valence electrons. The fraction of sp³-hybridized carbons (Fsp3) is 0.241. The molecule has 4 heterocycles. The number of nitrogens with zero attached hydrogens (tertiary/aromatic N) is 5. The van der Waals surface area contributed by atoms with Gasteiger partial charge in [0.1, 0.15) is 23.8 Å². The zero-order valence-electron chi connectivity index (χ0n) is 21.5. The third-order valence-electron chi connectivity index (χ3n) is 6.92. The Kier molecular flexibility index (Phi) is 7.29. The second-order valence-corrected chi connectivity index (χ2v) is 10.1. The van der Waals surface area contributed by atoms with Crippen LogP contribution in [0.4, 0.5) is 4.39 Å². The lowest BCUT2D eigenvalue weighted by molar-refractivity contribution is -0.117. The largest absolute Gasteiger partial charge is 0.477 e. The normalized spacial score (nSPS) is 18.3. The summed E-state index contributed by atoms with van der Waals surface area (Å²) in [5, 5.41) is 9.70. The first-order valence-electron chi connectivity index (χ1n) is 12.9. The van der Waals surface area contributed by atoms with Gasteiger partial charge in [-0.05, 0) is 36.8 Å². The highest BCUT2D eigenvalue weighted by Crippen LogP contribution is 2.27. The number of rotatable bonds is 9. The number of allylic oxidation sites excluding steroid dienone is 4. The summed E-state index contributed by atoms with van der Waals surface area (Å²) in [4.78, 5) is 42.3. The number of ketones is 1. The van der Waals surface area contributed by atoms with Crippen molar-refractivity contribution in [1.29, 1.82) is 0 Å². The van der Waals surface area contributed by atoms with Gasteiger partial charge in [0.15, 0.2) is 22.9 Å². The van der Waals surface area contributed by atoms with Crippen molar-refractivity contribution in [2.45, 2.75) is 32.1 Å². The number of carboxylic acid groups (broad SMARTS) is 1. The summed E-state index contributed by atoms with van der Waals surface area (Å²) in [5.74, 6) is -1.12. The van der Waals surface area contributed by atoms with Crippen LogP contribution in [-0.4, -0.2) is 54.1 Å². The van der Waals surface area contributed by atoms with Gasteiger partial charge in [0.2, 0.25) is 5.88 Å². The molecule has 0 amide bonds. The predicted octanol–water partition coefficient (Wildman–Crippen LogP) is 4.46. The van der Waals surface area contributed by atoms with Crippen LogP contribution in [0.5, 0.6) is 5.88 Å². The number of aromatic nitrogens is 5. The Morgan fingerprint density at radius 1 is 1.20 bits per heavy atom. The molecule has 41 heavy (non-hydrogen) atoms. The highest BCUT2D eigenvalue weighted by molar-refractivity contribution is 6.30. The molecule has 2 aliphatic rings. The van der Waals surface area contributed by atoms with Crippen LogP contribution in [0, 0.1) is 11.7 Å².